The van der Waals surface area contributed by atoms with Gasteiger partial charge in [0.15, 0.2) is 5.82 Å². The first-order valence-electron chi connectivity index (χ1n) is 9.32. The number of nitrogens with zero attached hydrogens (tertiary/aromatic N) is 3. The predicted molar refractivity (Wildman–Crippen MR) is 111 cm³/mol. The van der Waals surface area contributed by atoms with Crippen molar-refractivity contribution in [1.29, 1.82) is 0 Å². The molecule has 4 aromatic rings. The van der Waals surface area contributed by atoms with Crippen LogP contribution in [0.1, 0.15) is 0 Å². The lowest BCUT2D eigenvalue weighted by Crippen LogP contribution is -2.36. The molecule has 1 aliphatic rings. The van der Waals surface area contributed by atoms with E-state index in [-0.39, 0.29) is 0 Å². The fourth-order valence-electron chi connectivity index (χ4n) is 3.63. The highest BCUT2D eigenvalue weighted by Crippen LogP contribution is 2.32. The van der Waals surface area contributed by atoms with Crippen molar-refractivity contribution in [2.45, 2.75) is 0 Å². The summed E-state index contributed by atoms with van der Waals surface area (Å²) in [4.78, 5) is 7.15. The van der Waals surface area contributed by atoms with Crippen LogP contribution in [-0.4, -0.2) is 48.6 Å². The maximum absolute atomic E-state index is 5.46. The summed E-state index contributed by atoms with van der Waals surface area (Å²) < 4.78 is 10.8. The molecule has 5 rings (SSSR count). The van der Waals surface area contributed by atoms with Crippen LogP contribution in [0, 0.1) is 0 Å². The number of fused-ring (bicyclic) bond motifs is 3. The fraction of sp³-hybridized carbons (Fsp3) is 0.238. The molecule has 28 heavy (non-hydrogen) atoms. The Labute approximate surface area is 162 Å². The summed E-state index contributed by atoms with van der Waals surface area (Å²) in [6.45, 7) is 3.35. The third kappa shape index (κ3) is 2.99. The number of hydrogen-bond donors (Lipinski definition) is 2. The van der Waals surface area contributed by atoms with Crippen molar-refractivity contribution in [1.82, 2.24) is 15.2 Å². The number of morpholine rings is 1. The van der Waals surface area contributed by atoms with E-state index in [1.807, 2.05) is 30.5 Å². The maximum atomic E-state index is 5.46. The SMILES string of the molecule is COc1ccc2nc(Nc3cccc(N4CCOCC4)c3)c3[nH]ncc3c2c1. The Kier molecular flexibility index (Phi) is 4.21. The van der Waals surface area contributed by atoms with Gasteiger partial charge in [-0.25, -0.2) is 4.98 Å². The van der Waals surface area contributed by atoms with Crippen molar-refractivity contribution in [3.05, 3.63) is 48.7 Å². The molecule has 7 heteroatoms. The monoisotopic (exact) mass is 375 g/mol. The molecule has 142 valence electrons. The van der Waals surface area contributed by atoms with E-state index in [0.29, 0.717) is 0 Å². The minimum Gasteiger partial charge on any atom is -0.497 e. The molecule has 2 aromatic carbocycles. The van der Waals surface area contributed by atoms with Gasteiger partial charge >= 0.3 is 0 Å². The zero-order chi connectivity index (χ0) is 18.9. The highest BCUT2D eigenvalue weighted by molar-refractivity contribution is 6.09. The van der Waals surface area contributed by atoms with Crippen molar-refractivity contribution in [2.24, 2.45) is 0 Å². The molecule has 1 aliphatic heterocycles. The molecule has 0 saturated carbocycles. The third-order valence-electron chi connectivity index (χ3n) is 5.09. The molecule has 0 spiro atoms. The van der Waals surface area contributed by atoms with E-state index in [0.717, 1.165) is 65.4 Å². The number of rotatable bonds is 4. The van der Waals surface area contributed by atoms with Gasteiger partial charge in [-0.2, -0.15) is 5.10 Å². The molecule has 0 aliphatic carbocycles. The van der Waals surface area contributed by atoms with Gasteiger partial charge < -0.3 is 19.7 Å². The Morgan fingerprint density at radius 1 is 1.11 bits per heavy atom. The van der Waals surface area contributed by atoms with Crippen LogP contribution in [0.5, 0.6) is 5.75 Å². The van der Waals surface area contributed by atoms with Gasteiger partial charge in [0.1, 0.15) is 11.3 Å². The first kappa shape index (κ1) is 16.8. The van der Waals surface area contributed by atoms with Crippen LogP contribution in [-0.2, 0) is 4.74 Å². The molecule has 0 amide bonds. The van der Waals surface area contributed by atoms with Gasteiger partial charge in [0.05, 0.1) is 32.0 Å². The predicted octanol–water partition coefficient (Wildman–Crippen LogP) is 3.70. The lowest BCUT2D eigenvalue weighted by Gasteiger charge is -2.29. The number of methoxy groups -OCH3 is 1. The summed E-state index contributed by atoms with van der Waals surface area (Å²) in [5.74, 6) is 1.56. The van der Waals surface area contributed by atoms with Crippen molar-refractivity contribution >= 4 is 39.0 Å². The average molecular weight is 375 g/mol. The molecule has 2 aromatic heterocycles. The second kappa shape index (κ2) is 7.01. The zero-order valence-electron chi connectivity index (χ0n) is 15.6. The average Bonchev–Trinajstić information content (AvgIpc) is 3.25. The van der Waals surface area contributed by atoms with Crippen LogP contribution < -0.4 is 15.0 Å². The van der Waals surface area contributed by atoms with E-state index in [9.17, 15) is 0 Å². The largest absolute Gasteiger partial charge is 0.497 e. The van der Waals surface area contributed by atoms with Crippen LogP contribution in [0.15, 0.2) is 48.7 Å². The van der Waals surface area contributed by atoms with Crippen molar-refractivity contribution in [2.75, 3.05) is 43.6 Å². The molecule has 2 N–H and O–H groups in total. The Morgan fingerprint density at radius 3 is 2.86 bits per heavy atom. The summed E-state index contributed by atoms with van der Waals surface area (Å²) in [5.41, 5.74) is 3.93. The van der Waals surface area contributed by atoms with Crippen LogP contribution in [0.25, 0.3) is 21.8 Å². The number of hydrogen-bond acceptors (Lipinski definition) is 6. The number of ether oxygens (including phenoxy) is 2. The first-order chi connectivity index (χ1) is 13.8. The molecule has 0 atom stereocenters. The number of pyridine rings is 1. The van der Waals surface area contributed by atoms with E-state index < -0.39 is 0 Å². The van der Waals surface area contributed by atoms with Crippen LogP contribution in [0.2, 0.25) is 0 Å². The maximum Gasteiger partial charge on any atom is 0.157 e. The summed E-state index contributed by atoms with van der Waals surface area (Å²) in [6, 6.07) is 14.3. The number of anilines is 3. The number of nitrogens with one attached hydrogen (secondary N) is 2. The molecule has 0 unspecified atom stereocenters. The quantitative estimate of drug-likeness (QED) is 0.566. The van der Waals surface area contributed by atoms with E-state index in [2.05, 4.69) is 38.6 Å². The third-order valence-corrected chi connectivity index (χ3v) is 5.09. The molecule has 0 radical (unpaired) electrons. The Hall–Kier alpha value is -3.32. The number of aromatic nitrogens is 3. The molecule has 1 saturated heterocycles. The fourth-order valence-corrected chi connectivity index (χ4v) is 3.63. The molecular weight excluding hydrogens is 354 g/mol. The second-order valence-corrected chi connectivity index (χ2v) is 6.78. The summed E-state index contributed by atoms with van der Waals surface area (Å²) >= 11 is 0. The van der Waals surface area contributed by atoms with Gasteiger partial charge in [0.2, 0.25) is 0 Å². The number of aromatic amines is 1. The second-order valence-electron chi connectivity index (χ2n) is 6.78. The van der Waals surface area contributed by atoms with Crippen LogP contribution >= 0.6 is 0 Å². The van der Waals surface area contributed by atoms with Crippen LogP contribution in [0.3, 0.4) is 0 Å². The van der Waals surface area contributed by atoms with Gasteiger partial charge in [-0.1, -0.05) is 6.07 Å². The summed E-state index contributed by atoms with van der Waals surface area (Å²) in [7, 11) is 1.67. The van der Waals surface area contributed by atoms with E-state index >= 15 is 0 Å². The molecule has 1 fully saturated rings. The lowest BCUT2D eigenvalue weighted by atomic mass is 10.1. The van der Waals surface area contributed by atoms with E-state index in [1.54, 1.807) is 7.11 Å². The highest BCUT2D eigenvalue weighted by Gasteiger charge is 2.14. The standard InChI is InChI=1S/C21H21N5O2/c1-27-16-5-6-19-17(12-16)18-13-22-25-20(18)21(24-19)23-14-3-2-4-15(11-14)26-7-9-28-10-8-26/h2-6,11-13H,7-10H2,1H3,(H,22,25)(H,23,24). The molecule has 7 nitrogen and oxygen atoms in total. The van der Waals surface area contributed by atoms with Crippen molar-refractivity contribution in [3.63, 3.8) is 0 Å². The Morgan fingerprint density at radius 2 is 2.00 bits per heavy atom. The summed E-state index contributed by atoms with van der Waals surface area (Å²) in [6.07, 6.45) is 1.83. The van der Waals surface area contributed by atoms with Crippen molar-refractivity contribution < 1.29 is 9.47 Å². The topological polar surface area (TPSA) is 75.3 Å². The zero-order valence-corrected chi connectivity index (χ0v) is 15.6. The van der Waals surface area contributed by atoms with Gasteiger partial charge in [0, 0.05) is 35.2 Å². The Bertz CT molecular complexity index is 1130. The van der Waals surface area contributed by atoms with Crippen molar-refractivity contribution in [3.8, 4) is 5.75 Å². The van der Waals surface area contributed by atoms with Gasteiger partial charge in [0.25, 0.3) is 0 Å². The minimum atomic E-state index is 0.754. The summed E-state index contributed by atoms with van der Waals surface area (Å²) in [5, 5.41) is 12.8. The normalized spacial score (nSPS) is 14.5. The van der Waals surface area contributed by atoms with Gasteiger partial charge in [-0.3, -0.25) is 5.10 Å². The Balaban J connectivity index is 1.53. The minimum absolute atomic E-state index is 0.754. The molecule has 3 heterocycles. The lowest BCUT2D eigenvalue weighted by molar-refractivity contribution is 0.122. The highest BCUT2D eigenvalue weighted by atomic mass is 16.5. The smallest absolute Gasteiger partial charge is 0.157 e. The van der Waals surface area contributed by atoms with Gasteiger partial charge in [-0.15, -0.1) is 0 Å². The number of H-pyrrole nitrogens is 1. The number of benzene rings is 2. The molecular formula is C21H21N5O2. The first-order valence-corrected chi connectivity index (χ1v) is 9.32. The van der Waals surface area contributed by atoms with Crippen LogP contribution in [0.4, 0.5) is 17.2 Å². The van der Waals surface area contributed by atoms with E-state index in [4.69, 9.17) is 14.5 Å². The van der Waals surface area contributed by atoms with E-state index in [1.165, 1.54) is 5.69 Å². The molecule has 0 bridgehead atoms. The van der Waals surface area contributed by atoms with Gasteiger partial charge in [-0.05, 0) is 36.4 Å².